The molecule has 7 rings (SSSR count). The molecule has 1 aliphatic carbocycles. The van der Waals surface area contributed by atoms with E-state index in [1.807, 2.05) is 18.2 Å². The molecule has 3 aromatic rings. The van der Waals surface area contributed by atoms with Gasteiger partial charge in [-0.05, 0) is 73.7 Å². The Balaban J connectivity index is 0.832. The minimum absolute atomic E-state index is 0.103. The van der Waals surface area contributed by atoms with E-state index in [0.717, 1.165) is 70.0 Å². The number of anilines is 2. The van der Waals surface area contributed by atoms with E-state index < -0.39 is 17.9 Å². The van der Waals surface area contributed by atoms with Crippen molar-refractivity contribution in [1.82, 2.24) is 25.8 Å². The lowest BCUT2D eigenvalue weighted by molar-refractivity contribution is -0.164. The minimum Gasteiger partial charge on any atom is -0.489 e. The molecule has 3 saturated heterocycles. The normalized spacial score (nSPS) is 23.5. The van der Waals surface area contributed by atoms with E-state index in [9.17, 15) is 24.4 Å². The number of halogens is 1. The molecule has 3 N–H and O–H groups in total. The number of carbonyl (C=O) groups excluding carboxylic acids is 4. The van der Waals surface area contributed by atoms with E-state index in [4.69, 9.17) is 16.3 Å². The van der Waals surface area contributed by atoms with Crippen LogP contribution in [0.25, 0.3) is 0 Å². The third-order valence-corrected chi connectivity index (χ3v) is 12.6. The standard InChI is InChI=1S/C43H51ClN8O5/c1-42(2)40(43(3,4)41(42)57-32-11-7-29(24-45)33(44)23-32)49-37(54)28-5-8-30(9-6-28)51-17-15-27(16-18-51)26-50-19-21-52(22-20-50)31-10-12-34(46-25-31)38(55)47-35-13-14-36(53)48-39(35)56/h5-12,23,25,27,35,40-41H,13-22,26H2,1-4H3,(H,47,55)(H,49,54)(H,48,53,56)/t35?,40-,41-. The molecule has 2 aromatic carbocycles. The van der Waals surface area contributed by atoms with Gasteiger partial charge in [-0.2, -0.15) is 5.26 Å². The highest BCUT2D eigenvalue weighted by molar-refractivity contribution is 6.31. The molecular weight excluding hydrogens is 744 g/mol. The van der Waals surface area contributed by atoms with Crippen LogP contribution in [0.4, 0.5) is 11.4 Å². The highest BCUT2D eigenvalue weighted by Crippen LogP contribution is 2.55. The Morgan fingerprint density at radius 1 is 0.877 bits per heavy atom. The molecule has 14 heteroatoms. The average Bonchev–Trinajstić information content (AvgIpc) is 3.20. The topological polar surface area (TPSA) is 160 Å². The first-order valence-corrected chi connectivity index (χ1v) is 20.2. The van der Waals surface area contributed by atoms with Crippen LogP contribution in [0, 0.1) is 28.1 Å². The van der Waals surface area contributed by atoms with Gasteiger partial charge in [0.2, 0.25) is 11.8 Å². The molecule has 3 aliphatic heterocycles. The molecule has 4 aliphatic rings. The second kappa shape index (κ2) is 16.3. The van der Waals surface area contributed by atoms with Crippen LogP contribution in [0.2, 0.25) is 5.02 Å². The summed E-state index contributed by atoms with van der Waals surface area (Å²) < 4.78 is 6.38. The molecule has 1 saturated carbocycles. The lowest BCUT2D eigenvalue weighted by Crippen LogP contribution is -2.74. The van der Waals surface area contributed by atoms with E-state index in [1.54, 1.807) is 30.5 Å². The zero-order valence-electron chi connectivity index (χ0n) is 33.0. The number of rotatable bonds is 10. The quantitative estimate of drug-likeness (QED) is 0.244. The van der Waals surface area contributed by atoms with Crippen LogP contribution >= 0.6 is 11.6 Å². The van der Waals surface area contributed by atoms with Gasteiger partial charge in [0.15, 0.2) is 0 Å². The Hall–Kier alpha value is -5.19. The highest BCUT2D eigenvalue weighted by atomic mass is 35.5. The number of piperazine rings is 1. The molecule has 1 aromatic heterocycles. The predicted octanol–water partition coefficient (Wildman–Crippen LogP) is 4.79. The van der Waals surface area contributed by atoms with E-state index in [2.05, 4.69) is 81.5 Å². The fraction of sp³-hybridized carbons (Fsp3) is 0.488. The SMILES string of the molecule is CC1(C)[C@H](NC(=O)c2ccc(N3CCC(CN4CCN(c5ccc(C(=O)NC6CCC(=O)NC6=O)nc5)CC4)CC3)cc2)C(C)(C)[C@H]1Oc1ccc(C#N)c(Cl)c1. The van der Waals surface area contributed by atoms with Crippen LogP contribution < -0.4 is 30.5 Å². The smallest absolute Gasteiger partial charge is 0.270 e. The number of benzene rings is 2. The maximum atomic E-state index is 13.5. The van der Waals surface area contributed by atoms with Crippen molar-refractivity contribution in [2.24, 2.45) is 16.7 Å². The largest absolute Gasteiger partial charge is 0.489 e. The van der Waals surface area contributed by atoms with E-state index >= 15 is 0 Å². The monoisotopic (exact) mass is 794 g/mol. The van der Waals surface area contributed by atoms with Crippen LogP contribution in [0.1, 0.15) is 79.8 Å². The average molecular weight is 795 g/mol. The summed E-state index contributed by atoms with van der Waals surface area (Å²) in [6.45, 7) is 15.1. The van der Waals surface area contributed by atoms with Crippen molar-refractivity contribution in [2.75, 3.05) is 55.6 Å². The van der Waals surface area contributed by atoms with Gasteiger partial charge < -0.3 is 25.2 Å². The second-order valence-corrected chi connectivity index (χ2v) is 17.4. The summed E-state index contributed by atoms with van der Waals surface area (Å²) in [4.78, 5) is 61.1. The van der Waals surface area contributed by atoms with Gasteiger partial charge in [0.05, 0.1) is 22.5 Å². The van der Waals surface area contributed by atoms with Crippen molar-refractivity contribution < 1.29 is 23.9 Å². The number of imide groups is 1. The van der Waals surface area contributed by atoms with E-state index in [0.29, 0.717) is 27.8 Å². The second-order valence-electron chi connectivity index (χ2n) is 16.9. The van der Waals surface area contributed by atoms with Crippen molar-refractivity contribution >= 4 is 46.6 Å². The third kappa shape index (κ3) is 8.58. The summed E-state index contributed by atoms with van der Waals surface area (Å²) in [5.41, 5.74) is 2.68. The molecule has 13 nitrogen and oxygen atoms in total. The summed E-state index contributed by atoms with van der Waals surface area (Å²) in [7, 11) is 0. The van der Waals surface area contributed by atoms with Gasteiger partial charge in [-0.15, -0.1) is 0 Å². The zero-order valence-corrected chi connectivity index (χ0v) is 33.8. The Bertz CT molecular complexity index is 2020. The van der Waals surface area contributed by atoms with Crippen molar-refractivity contribution in [2.45, 2.75) is 71.6 Å². The summed E-state index contributed by atoms with van der Waals surface area (Å²) in [6, 6.07) is 17.8. The molecule has 1 unspecified atom stereocenters. The number of hydrogen-bond donors (Lipinski definition) is 3. The summed E-state index contributed by atoms with van der Waals surface area (Å²) in [5.74, 6) is -0.114. The van der Waals surface area contributed by atoms with Crippen molar-refractivity contribution in [3.63, 3.8) is 0 Å². The number of ether oxygens (including phenoxy) is 1. The summed E-state index contributed by atoms with van der Waals surface area (Å²) in [5, 5.41) is 17.8. The van der Waals surface area contributed by atoms with Gasteiger partial charge in [-0.1, -0.05) is 39.3 Å². The molecule has 57 heavy (non-hydrogen) atoms. The molecular formula is C43H51ClN8O5. The van der Waals surface area contributed by atoms with Gasteiger partial charge in [-0.25, -0.2) is 4.98 Å². The van der Waals surface area contributed by atoms with Gasteiger partial charge in [0.1, 0.15) is 29.7 Å². The Kier molecular flexibility index (Phi) is 11.5. The van der Waals surface area contributed by atoms with Crippen LogP contribution in [0.3, 0.4) is 0 Å². The fourth-order valence-corrected chi connectivity index (χ4v) is 9.55. The number of piperidine rings is 2. The molecule has 0 radical (unpaired) electrons. The molecule has 300 valence electrons. The van der Waals surface area contributed by atoms with Gasteiger partial charge >= 0.3 is 0 Å². The highest BCUT2D eigenvalue weighted by Gasteiger charge is 2.64. The molecule has 4 heterocycles. The predicted molar refractivity (Wildman–Crippen MR) is 217 cm³/mol. The van der Waals surface area contributed by atoms with Gasteiger partial charge in [0.25, 0.3) is 11.8 Å². The Morgan fingerprint density at radius 2 is 1.54 bits per heavy atom. The first-order chi connectivity index (χ1) is 27.2. The first kappa shape index (κ1) is 40.0. The van der Waals surface area contributed by atoms with Crippen LogP contribution in [0.15, 0.2) is 60.8 Å². The number of nitrogens with zero attached hydrogens (tertiary/aromatic N) is 5. The Morgan fingerprint density at radius 3 is 2.16 bits per heavy atom. The Labute approximate surface area is 339 Å². The van der Waals surface area contributed by atoms with Crippen LogP contribution in [0.5, 0.6) is 5.75 Å². The lowest BCUT2D eigenvalue weighted by atomic mass is 9.49. The number of nitrogens with one attached hydrogen (secondary N) is 3. The molecule has 4 fully saturated rings. The van der Waals surface area contributed by atoms with Gasteiger partial charge in [-0.3, -0.25) is 29.4 Å². The van der Waals surface area contributed by atoms with Crippen molar-refractivity contribution in [3.05, 3.63) is 82.6 Å². The van der Waals surface area contributed by atoms with Crippen LogP contribution in [-0.4, -0.2) is 97.5 Å². The summed E-state index contributed by atoms with van der Waals surface area (Å²) in [6.07, 6.45) is 4.24. The maximum Gasteiger partial charge on any atom is 0.270 e. The van der Waals surface area contributed by atoms with E-state index in [-0.39, 0.29) is 53.3 Å². The van der Waals surface area contributed by atoms with Crippen LogP contribution in [-0.2, 0) is 9.59 Å². The first-order valence-electron chi connectivity index (χ1n) is 19.8. The number of amides is 4. The lowest BCUT2D eigenvalue weighted by Gasteiger charge is -2.63. The molecule has 4 amide bonds. The van der Waals surface area contributed by atoms with E-state index in [1.165, 1.54) is 0 Å². The molecule has 1 atom stereocenters. The summed E-state index contributed by atoms with van der Waals surface area (Å²) >= 11 is 6.25. The number of carbonyl (C=O) groups is 4. The van der Waals surface area contributed by atoms with Crippen molar-refractivity contribution in [1.29, 1.82) is 5.26 Å². The zero-order chi connectivity index (χ0) is 40.5. The third-order valence-electron chi connectivity index (χ3n) is 12.3. The number of aromatic nitrogens is 1. The van der Waals surface area contributed by atoms with Gasteiger partial charge in [0, 0.05) is 86.4 Å². The number of pyridine rings is 1. The number of nitriles is 1. The molecule has 0 bridgehead atoms. The fourth-order valence-electron chi connectivity index (χ4n) is 9.33. The molecule has 0 spiro atoms. The van der Waals surface area contributed by atoms with Crippen molar-refractivity contribution in [3.8, 4) is 11.8 Å². The maximum absolute atomic E-state index is 13.5. The minimum atomic E-state index is -0.733. The number of hydrogen-bond acceptors (Lipinski definition) is 10.